The lowest BCUT2D eigenvalue weighted by molar-refractivity contribution is 1.02. The molecule has 4 nitrogen and oxygen atoms in total. The maximum Gasteiger partial charge on any atom is 0.253 e. The lowest BCUT2D eigenvalue weighted by atomic mass is 10.4. The van der Waals surface area contributed by atoms with Crippen molar-refractivity contribution in [3.05, 3.63) is 18.0 Å². The Labute approximate surface area is 71.7 Å². The Morgan fingerprint density at radius 1 is 1.58 bits per heavy atom. The maximum absolute atomic E-state index is 4.02. The van der Waals surface area contributed by atoms with Crippen LogP contribution in [0.2, 0.25) is 0 Å². The monoisotopic (exact) mass is 164 g/mol. The third kappa shape index (κ3) is 2.02. The minimum Gasteiger partial charge on any atom is -0.290 e. The summed E-state index contributed by atoms with van der Waals surface area (Å²) in [6.07, 6.45) is 5.50. The molecular formula is C8H12N4. The lowest BCUT2D eigenvalue weighted by Crippen LogP contribution is -1.83. The van der Waals surface area contributed by atoms with E-state index in [0.29, 0.717) is 5.95 Å². The van der Waals surface area contributed by atoms with Crippen molar-refractivity contribution in [3.63, 3.8) is 0 Å². The van der Waals surface area contributed by atoms with E-state index in [9.17, 15) is 0 Å². The number of rotatable bonds is 2. The number of azo groups is 1. The molecule has 1 aromatic rings. The van der Waals surface area contributed by atoms with Crippen LogP contribution in [-0.2, 0) is 0 Å². The Morgan fingerprint density at radius 3 is 2.92 bits per heavy atom. The molecular weight excluding hydrogens is 152 g/mol. The van der Waals surface area contributed by atoms with E-state index < -0.39 is 0 Å². The summed E-state index contributed by atoms with van der Waals surface area (Å²) in [5, 5.41) is 7.51. The van der Waals surface area contributed by atoms with Gasteiger partial charge >= 0.3 is 0 Å². The van der Waals surface area contributed by atoms with E-state index >= 15 is 0 Å². The molecule has 0 unspecified atom stereocenters. The summed E-state index contributed by atoms with van der Waals surface area (Å²) < 4.78 is 1.84. The number of nitrogens with zero attached hydrogens (tertiary/aromatic N) is 4. The van der Waals surface area contributed by atoms with Crippen LogP contribution >= 0.6 is 0 Å². The molecule has 0 N–H and O–H groups in total. The van der Waals surface area contributed by atoms with E-state index in [1.165, 1.54) is 5.57 Å². The van der Waals surface area contributed by atoms with E-state index in [0.717, 1.165) is 0 Å². The van der Waals surface area contributed by atoms with Crippen molar-refractivity contribution in [2.45, 2.75) is 13.8 Å². The van der Waals surface area contributed by atoms with Crippen molar-refractivity contribution in [2.75, 3.05) is 7.05 Å². The first-order valence-electron chi connectivity index (χ1n) is 3.71. The van der Waals surface area contributed by atoms with Gasteiger partial charge in [0.15, 0.2) is 0 Å². The average molecular weight is 164 g/mol. The highest BCUT2D eigenvalue weighted by molar-refractivity contribution is 5.36. The van der Waals surface area contributed by atoms with Crippen LogP contribution in [0.3, 0.4) is 0 Å². The van der Waals surface area contributed by atoms with E-state index in [-0.39, 0.29) is 0 Å². The van der Waals surface area contributed by atoms with Crippen LogP contribution in [0.5, 0.6) is 0 Å². The topological polar surface area (TPSA) is 42.5 Å². The number of hydrogen-bond donors (Lipinski definition) is 0. The molecule has 0 aromatic carbocycles. The highest BCUT2D eigenvalue weighted by atomic mass is 15.2. The summed E-state index contributed by atoms with van der Waals surface area (Å²) in [6, 6.07) is 0. The molecule has 0 radical (unpaired) electrons. The van der Waals surface area contributed by atoms with Gasteiger partial charge in [0, 0.05) is 25.6 Å². The van der Waals surface area contributed by atoms with Gasteiger partial charge in [-0.3, -0.25) is 4.57 Å². The fourth-order valence-corrected chi connectivity index (χ4v) is 0.851. The van der Waals surface area contributed by atoms with Gasteiger partial charge in [0.25, 0.3) is 5.95 Å². The first kappa shape index (κ1) is 8.64. The Balaban J connectivity index is 2.99. The zero-order chi connectivity index (χ0) is 8.97. The standard InChI is InChI=1S/C8H12N4/c1-7(2)6-12-5-4-10-8(12)11-9-3/h4-6H,1-3H3/b11-9+. The molecule has 0 aliphatic heterocycles. The predicted molar refractivity (Wildman–Crippen MR) is 48.3 cm³/mol. The molecule has 0 aliphatic carbocycles. The van der Waals surface area contributed by atoms with Crippen molar-refractivity contribution in [1.29, 1.82) is 0 Å². The van der Waals surface area contributed by atoms with E-state index in [1.807, 2.05) is 30.8 Å². The van der Waals surface area contributed by atoms with Crippen LogP contribution in [0, 0.1) is 0 Å². The van der Waals surface area contributed by atoms with Crippen LogP contribution in [0.1, 0.15) is 13.8 Å². The zero-order valence-corrected chi connectivity index (χ0v) is 7.52. The van der Waals surface area contributed by atoms with Gasteiger partial charge in [-0.2, -0.15) is 5.11 Å². The van der Waals surface area contributed by atoms with Gasteiger partial charge in [-0.15, -0.1) is 5.11 Å². The van der Waals surface area contributed by atoms with Crippen LogP contribution in [-0.4, -0.2) is 16.6 Å². The van der Waals surface area contributed by atoms with Crippen LogP contribution in [0.25, 0.3) is 6.20 Å². The molecule has 0 aliphatic rings. The zero-order valence-electron chi connectivity index (χ0n) is 7.52. The largest absolute Gasteiger partial charge is 0.290 e. The summed E-state index contributed by atoms with van der Waals surface area (Å²) in [5.41, 5.74) is 1.19. The van der Waals surface area contributed by atoms with Gasteiger partial charge in [-0.1, -0.05) is 5.57 Å². The quantitative estimate of drug-likeness (QED) is 0.619. The molecule has 12 heavy (non-hydrogen) atoms. The van der Waals surface area contributed by atoms with Gasteiger partial charge in [0.05, 0.1) is 0 Å². The fraction of sp³-hybridized carbons (Fsp3) is 0.375. The summed E-state index contributed by atoms with van der Waals surface area (Å²) in [7, 11) is 1.63. The van der Waals surface area contributed by atoms with Crippen molar-refractivity contribution in [2.24, 2.45) is 10.2 Å². The average Bonchev–Trinajstić information content (AvgIpc) is 2.37. The molecule has 0 fully saturated rings. The number of aromatic nitrogens is 2. The maximum atomic E-state index is 4.02. The summed E-state index contributed by atoms with van der Waals surface area (Å²) in [5.74, 6) is 0.610. The Hall–Kier alpha value is -1.45. The Kier molecular flexibility index (Phi) is 2.74. The highest BCUT2D eigenvalue weighted by Gasteiger charge is 1.95. The minimum atomic E-state index is 0.610. The van der Waals surface area contributed by atoms with Crippen LogP contribution < -0.4 is 0 Å². The normalized spacial score (nSPS) is 10.6. The van der Waals surface area contributed by atoms with Gasteiger partial charge in [-0.25, -0.2) is 4.98 Å². The third-order valence-corrected chi connectivity index (χ3v) is 1.23. The molecule has 1 rings (SSSR count). The van der Waals surface area contributed by atoms with Gasteiger partial charge in [0.1, 0.15) is 0 Å². The second kappa shape index (κ2) is 3.80. The molecule has 0 amide bonds. The summed E-state index contributed by atoms with van der Waals surface area (Å²) in [4.78, 5) is 4.02. The number of imidazole rings is 1. The third-order valence-electron chi connectivity index (χ3n) is 1.23. The predicted octanol–water partition coefficient (Wildman–Crippen LogP) is 2.48. The SMILES string of the molecule is C/N=N/c1nccn1C=C(C)C. The second-order valence-corrected chi connectivity index (χ2v) is 2.64. The fourth-order valence-electron chi connectivity index (χ4n) is 0.851. The van der Waals surface area contributed by atoms with Gasteiger partial charge in [-0.05, 0) is 13.8 Å². The number of allylic oxidation sites excluding steroid dienone is 1. The van der Waals surface area contributed by atoms with Crippen LogP contribution in [0.4, 0.5) is 5.95 Å². The molecule has 0 saturated heterocycles. The van der Waals surface area contributed by atoms with E-state index in [2.05, 4.69) is 15.2 Å². The summed E-state index contributed by atoms with van der Waals surface area (Å²) >= 11 is 0. The Morgan fingerprint density at radius 2 is 2.33 bits per heavy atom. The second-order valence-electron chi connectivity index (χ2n) is 2.64. The van der Waals surface area contributed by atoms with Crippen molar-refractivity contribution in [1.82, 2.24) is 9.55 Å². The lowest BCUT2D eigenvalue weighted by Gasteiger charge is -1.95. The molecule has 0 spiro atoms. The highest BCUT2D eigenvalue weighted by Crippen LogP contribution is 2.10. The molecule has 0 saturated carbocycles. The van der Waals surface area contributed by atoms with Gasteiger partial charge < -0.3 is 0 Å². The first-order valence-corrected chi connectivity index (χ1v) is 3.71. The van der Waals surface area contributed by atoms with Gasteiger partial charge in [0.2, 0.25) is 0 Å². The van der Waals surface area contributed by atoms with Crippen molar-refractivity contribution < 1.29 is 0 Å². The molecule has 1 aromatic heterocycles. The van der Waals surface area contributed by atoms with Crippen molar-refractivity contribution >= 4 is 12.1 Å². The molecule has 0 atom stereocenters. The first-order chi connectivity index (χ1) is 5.74. The minimum absolute atomic E-state index is 0.610. The smallest absolute Gasteiger partial charge is 0.253 e. The van der Waals surface area contributed by atoms with Crippen molar-refractivity contribution in [3.8, 4) is 0 Å². The Bertz CT molecular complexity index is 305. The molecule has 0 bridgehead atoms. The van der Waals surface area contributed by atoms with E-state index in [4.69, 9.17) is 0 Å². The number of hydrogen-bond acceptors (Lipinski definition) is 3. The molecule has 64 valence electrons. The summed E-state index contributed by atoms with van der Waals surface area (Å²) in [6.45, 7) is 4.04. The molecule has 1 heterocycles. The van der Waals surface area contributed by atoms with Crippen LogP contribution in [0.15, 0.2) is 28.2 Å². The molecule has 4 heteroatoms. The van der Waals surface area contributed by atoms with E-state index in [1.54, 1.807) is 13.2 Å².